The Kier molecular flexibility index (Phi) is 8.44. The van der Waals surface area contributed by atoms with Gasteiger partial charge in [-0.25, -0.2) is 5.43 Å². The Morgan fingerprint density at radius 1 is 0.962 bits per heavy atom. The molecule has 0 heterocycles. The number of nitrogens with one attached hydrogen (secondary N) is 4. The average molecular weight is 363 g/mol. The number of nitrogens with zero attached hydrogens (tertiary/aromatic N) is 1. The highest BCUT2D eigenvalue weighted by atomic mass is 16.3. The summed E-state index contributed by atoms with van der Waals surface area (Å²) in [5.41, 5.74) is 3.45. The molecule has 140 valence electrons. The van der Waals surface area contributed by atoms with Crippen molar-refractivity contribution in [3.8, 4) is 0 Å². The van der Waals surface area contributed by atoms with Gasteiger partial charge in [-0.05, 0) is 31.2 Å². The molecule has 0 atom stereocenters. The van der Waals surface area contributed by atoms with Crippen LogP contribution in [0.25, 0.3) is 0 Å². The maximum absolute atomic E-state index is 11.9. The van der Waals surface area contributed by atoms with Gasteiger partial charge < -0.3 is 21.1 Å². The molecule has 0 aromatic heterocycles. The van der Waals surface area contributed by atoms with Crippen molar-refractivity contribution in [3.05, 3.63) is 24.3 Å². The van der Waals surface area contributed by atoms with Crippen molar-refractivity contribution >= 4 is 40.7 Å². The Bertz CT molecular complexity index is 699. The highest BCUT2D eigenvalue weighted by Crippen LogP contribution is 2.13. The van der Waals surface area contributed by atoms with Crippen LogP contribution in [0.1, 0.15) is 20.3 Å². The quantitative estimate of drug-likeness (QED) is 0.253. The summed E-state index contributed by atoms with van der Waals surface area (Å²) >= 11 is 0. The van der Waals surface area contributed by atoms with Crippen LogP contribution >= 0.6 is 0 Å². The molecule has 0 aliphatic carbocycles. The van der Waals surface area contributed by atoms with E-state index in [0.717, 1.165) is 0 Å². The van der Waals surface area contributed by atoms with Crippen molar-refractivity contribution in [2.75, 3.05) is 23.8 Å². The van der Waals surface area contributed by atoms with Crippen molar-refractivity contribution in [1.82, 2.24) is 10.7 Å². The number of hydrogen-bond donors (Lipinski definition) is 5. The van der Waals surface area contributed by atoms with E-state index < -0.39 is 11.8 Å². The maximum atomic E-state index is 11.9. The van der Waals surface area contributed by atoms with E-state index in [1.807, 2.05) is 5.43 Å². The van der Waals surface area contributed by atoms with Crippen molar-refractivity contribution in [2.24, 2.45) is 5.10 Å². The van der Waals surface area contributed by atoms with Crippen molar-refractivity contribution < 1.29 is 24.3 Å². The molecule has 0 saturated carbocycles. The molecule has 1 aromatic carbocycles. The Hall–Kier alpha value is -3.27. The van der Waals surface area contributed by atoms with Crippen LogP contribution < -0.4 is 21.4 Å². The lowest BCUT2D eigenvalue weighted by Gasteiger charge is -2.07. The summed E-state index contributed by atoms with van der Waals surface area (Å²) in [7, 11) is 0. The third-order valence-corrected chi connectivity index (χ3v) is 2.86. The zero-order valence-electron chi connectivity index (χ0n) is 14.5. The second-order valence-corrected chi connectivity index (χ2v) is 5.25. The molecule has 1 aromatic rings. The largest absolute Gasteiger partial charge is 0.395 e. The van der Waals surface area contributed by atoms with Crippen LogP contribution in [0.15, 0.2) is 29.4 Å². The zero-order valence-corrected chi connectivity index (χ0v) is 14.5. The molecule has 10 heteroatoms. The van der Waals surface area contributed by atoms with Crippen molar-refractivity contribution in [2.45, 2.75) is 20.3 Å². The first-order valence-corrected chi connectivity index (χ1v) is 7.71. The Morgan fingerprint density at radius 2 is 1.54 bits per heavy atom. The normalized spacial score (nSPS) is 10.7. The molecule has 10 nitrogen and oxygen atoms in total. The van der Waals surface area contributed by atoms with Gasteiger partial charge in [-0.1, -0.05) is 0 Å². The molecule has 0 radical (unpaired) electrons. The fraction of sp³-hybridized carbons (Fsp3) is 0.312. The minimum Gasteiger partial charge on any atom is -0.395 e. The summed E-state index contributed by atoms with van der Waals surface area (Å²) in [4.78, 5) is 45.5. The van der Waals surface area contributed by atoms with Crippen LogP contribution in [0.2, 0.25) is 0 Å². The number of amides is 4. The van der Waals surface area contributed by atoms with Gasteiger partial charge in [0, 0.05) is 30.6 Å². The first-order chi connectivity index (χ1) is 12.3. The van der Waals surface area contributed by atoms with Crippen molar-refractivity contribution in [3.63, 3.8) is 0 Å². The minimum absolute atomic E-state index is 0.0436. The fourth-order valence-corrected chi connectivity index (χ4v) is 1.76. The first kappa shape index (κ1) is 20.8. The summed E-state index contributed by atoms with van der Waals surface area (Å²) in [5.74, 6) is -2.48. The van der Waals surface area contributed by atoms with Gasteiger partial charge >= 0.3 is 11.8 Å². The van der Waals surface area contributed by atoms with E-state index in [9.17, 15) is 19.2 Å². The van der Waals surface area contributed by atoms with Gasteiger partial charge in [-0.2, -0.15) is 5.10 Å². The van der Waals surface area contributed by atoms with E-state index in [-0.39, 0.29) is 31.4 Å². The van der Waals surface area contributed by atoms with Crippen LogP contribution in [-0.2, 0) is 19.2 Å². The Morgan fingerprint density at radius 3 is 2.08 bits per heavy atom. The van der Waals surface area contributed by atoms with E-state index >= 15 is 0 Å². The number of rotatable bonds is 7. The number of hydrazone groups is 1. The lowest BCUT2D eigenvalue weighted by atomic mass is 10.2. The van der Waals surface area contributed by atoms with Crippen LogP contribution in [0.4, 0.5) is 11.4 Å². The zero-order chi connectivity index (χ0) is 19.5. The van der Waals surface area contributed by atoms with Gasteiger partial charge in [0.25, 0.3) is 0 Å². The monoisotopic (exact) mass is 363 g/mol. The first-order valence-electron chi connectivity index (χ1n) is 7.71. The number of hydrogen-bond acceptors (Lipinski definition) is 6. The van der Waals surface area contributed by atoms with Crippen LogP contribution in [0, 0.1) is 0 Å². The molecule has 4 amide bonds. The summed E-state index contributed by atoms with van der Waals surface area (Å²) < 4.78 is 0. The number of carbonyl (C=O) groups excluding carboxylic acids is 4. The molecule has 0 saturated heterocycles. The second kappa shape index (κ2) is 10.6. The third-order valence-electron chi connectivity index (χ3n) is 2.86. The highest BCUT2D eigenvalue weighted by Gasteiger charge is 2.12. The number of carbonyl (C=O) groups is 4. The summed E-state index contributed by atoms with van der Waals surface area (Å²) in [5, 5.41) is 19.6. The van der Waals surface area contributed by atoms with Crippen LogP contribution in [-0.4, -0.2) is 47.6 Å². The van der Waals surface area contributed by atoms with Gasteiger partial charge in [-0.3, -0.25) is 19.2 Å². The molecule has 0 spiro atoms. The summed E-state index contributed by atoms with van der Waals surface area (Å²) in [6.07, 6.45) is -0.0913. The van der Waals surface area contributed by atoms with Gasteiger partial charge in [0.2, 0.25) is 11.8 Å². The van der Waals surface area contributed by atoms with E-state index in [1.165, 1.54) is 13.8 Å². The average Bonchev–Trinajstić information content (AvgIpc) is 2.58. The predicted molar refractivity (Wildman–Crippen MR) is 95.3 cm³/mol. The molecule has 0 aliphatic heterocycles. The second-order valence-electron chi connectivity index (χ2n) is 5.25. The van der Waals surface area contributed by atoms with E-state index in [2.05, 4.69) is 21.1 Å². The van der Waals surface area contributed by atoms with Crippen molar-refractivity contribution in [1.29, 1.82) is 0 Å². The summed E-state index contributed by atoms with van der Waals surface area (Å²) in [6, 6.07) is 6.54. The number of anilines is 2. The lowest BCUT2D eigenvalue weighted by Crippen LogP contribution is -2.39. The fourth-order valence-electron chi connectivity index (χ4n) is 1.76. The molecule has 0 fully saturated rings. The molecular weight excluding hydrogens is 342 g/mol. The predicted octanol–water partition coefficient (Wildman–Crippen LogP) is -0.426. The molecule has 26 heavy (non-hydrogen) atoms. The van der Waals surface area contributed by atoms with Gasteiger partial charge in [0.15, 0.2) is 0 Å². The van der Waals surface area contributed by atoms with Gasteiger partial charge in [-0.15, -0.1) is 0 Å². The smallest absolute Gasteiger partial charge is 0.329 e. The molecule has 0 unspecified atom stereocenters. The Labute approximate surface area is 150 Å². The Balaban J connectivity index is 2.47. The molecule has 1 rings (SSSR count). The summed E-state index contributed by atoms with van der Waals surface area (Å²) in [6.45, 7) is 2.59. The molecule has 0 bridgehead atoms. The third kappa shape index (κ3) is 8.02. The van der Waals surface area contributed by atoms with E-state index in [1.54, 1.807) is 24.3 Å². The van der Waals surface area contributed by atoms with Crippen LogP contribution in [0.5, 0.6) is 0 Å². The SMILES string of the molecule is CC(=O)Nc1ccc(NC(=O)C/C(C)=N/NC(=O)C(=O)NCCO)cc1. The topological polar surface area (TPSA) is 149 Å². The van der Waals surface area contributed by atoms with E-state index in [4.69, 9.17) is 5.11 Å². The lowest BCUT2D eigenvalue weighted by molar-refractivity contribution is -0.139. The highest BCUT2D eigenvalue weighted by molar-refractivity contribution is 6.35. The van der Waals surface area contributed by atoms with Gasteiger partial charge in [0.05, 0.1) is 13.0 Å². The number of benzene rings is 1. The molecule has 5 N–H and O–H groups in total. The number of aliphatic hydroxyl groups is 1. The number of aliphatic hydroxyl groups excluding tert-OH is 1. The van der Waals surface area contributed by atoms with Gasteiger partial charge in [0.1, 0.15) is 0 Å². The maximum Gasteiger partial charge on any atom is 0.329 e. The molecule has 0 aliphatic rings. The minimum atomic E-state index is -0.994. The van der Waals surface area contributed by atoms with Crippen LogP contribution in [0.3, 0.4) is 0 Å². The standard InChI is InChI=1S/C16H21N5O5/c1-10(20-21-16(26)15(25)17-7-8-22)9-14(24)19-13-5-3-12(4-6-13)18-11(2)23/h3-6,22H,7-9H2,1-2H3,(H,17,25)(H,18,23)(H,19,24)(H,21,26)/b20-10+. The van der Waals surface area contributed by atoms with E-state index in [0.29, 0.717) is 17.1 Å². The molecular formula is C16H21N5O5.